The zero-order chi connectivity index (χ0) is 16.9. The fourth-order valence-corrected chi connectivity index (χ4v) is 2.32. The third-order valence-corrected chi connectivity index (χ3v) is 3.63. The van der Waals surface area contributed by atoms with Crippen LogP contribution in [0.3, 0.4) is 0 Å². The van der Waals surface area contributed by atoms with Crippen LogP contribution in [0, 0.1) is 5.82 Å². The van der Waals surface area contributed by atoms with E-state index in [0.717, 1.165) is 17.0 Å². The van der Waals surface area contributed by atoms with Gasteiger partial charge in [-0.25, -0.2) is 8.96 Å². The van der Waals surface area contributed by atoms with Crippen LogP contribution in [0.1, 0.15) is 10.4 Å². The van der Waals surface area contributed by atoms with Crippen molar-refractivity contribution in [1.82, 2.24) is 4.98 Å². The first-order valence-corrected chi connectivity index (χ1v) is 7.44. The summed E-state index contributed by atoms with van der Waals surface area (Å²) in [6.45, 7) is 0.150. The lowest BCUT2D eigenvalue weighted by Gasteiger charge is -2.02. The summed E-state index contributed by atoms with van der Waals surface area (Å²) >= 11 is 0. The monoisotopic (exact) mass is 402 g/mol. The fraction of sp³-hybridized carbons (Fsp3) is 0.105. The minimum Gasteiger partial charge on any atom is -1.00 e. The Balaban J connectivity index is 0.00000225. The maximum Gasteiger partial charge on any atom is 0.287 e. The molecule has 1 aromatic heterocycles. The molecule has 0 aliphatic heterocycles. The summed E-state index contributed by atoms with van der Waals surface area (Å²) < 4.78 is 19.8. The van der Waals surface area contributed by atoms with Gasteiger partial charge in [0.15, 0.2) is 12.2 Å². The van der Waals surface area contributed by atoms with Crippen molar-refractivity contribution in [3.05, 3.63) is 78.5 Å². The number of ether oxygens (including phenoxy) is 1. The zero-order valence-electron chi connectivity index (χ0n) is 13.5. The molecule has 4 nitrogen and oxygen atoms in total. The number of carbonyl (C=O) groups excluding carboxylic acids is 1. The molecule has 0 radical (unpaired) electrons. The van der Waals surface area contributed by atoms with Crippen molar-refractivity contribution in [2.75, 3.05) is 7.11 Å². The molecular weight excluding hydrogens is 387 g/mol. The van der Waals surface area contributed by atoms with Crippen LogP contribution in [-0.4, -0.2) is 17.9 Å². The number of aromatic nitrogens is 2. The number of ketones is 1. The Morgan fingerprint density at radius 3 is 2.56 bits per heavy atom. The van der Waals surface area contributed by atoms with Gasteiger partial charge in [-0.1, -0.05) is 12.1 Å². The summed E-state index contributed by atoms with van der Waals surface area (Å²) in [5, 5.41) is 0. The molecule has 0 atom stereocenters. The van der Waals surface area contributed by atoms with Gasteiger partial charge in [0, 0.05) is 17.2 Å². The van der Waals surface area contributed by atoms with Gasteiger partial charge in [0.25, 0.3) is 6.33 Å². The van der Waals surface area contributed by atoms with Crippen LogP contribution in [0.2, 0.25) is 0 Å². The van der Waals surface area contributed by atoms with E-state index in [1.165, 1.54) is 24.3 Å². The van der Waals surface area contributed by atoms with Crippen molar-refractivity contribution < 1.29 is 35.5 Å². The average molecular weight is 403 g/mol. The molecule has 3 aromatic rings. The molecule has 0 aliphatic rings. The summed E-state index contributed by atoms with van der Waals surface area (Å²) in [6, 6.07) is 15.0. The summed E-state index contributed by atoms with van der Waals surface area (Å²) in [4.78, 5) is 16.6. The maximum atomic E-state index is 12.9. The lowest BCUT2D eigenvalue weighted by molar-refractivity contribution is -0.686. The Morgan fingerprint density at radius 1 is 1.16 bits per heavy atom. The summed E-state index contributed by atoms with van der Waals surface area (Å²) in [6.07, 6.45) is 3.40. The Bertz CT molecular complexity index is 852. The zero-order valence-corrected chi connectivity index (χ0v) is 15.1. The molecule has 2 aromatic carbocycles. The van der Waals surface area contributed by atoms with E-state index in [-0.39, 0.29) is 35.1 Å². The maximum absolute atomic E-state index is 12.9. The van der Waals surface area contributed by atoms with Crippen molar-refractivity contribution in [3.63, 3.8) is 0 Å². The largest absolute Gasteiger partial charge is 1.00 e. The van der Waals surface area contributed by atoms with E-state index < -0.39 is 0 Å². The molecule has 0 spiro atoms. The van der Waals surface area contributed by atoms with E-state index in [9.17, 15) is 9.18 Å². The number of hydrogen-bond acceptors (Lipinski definition) is 3. The van der Waals surface area contributed by atoms with Crippen molar-refractivity contribution in [2.24, 2.45) is 0 Å². The molecule has 0 aliphatic carbocycles. The molecule has 1 heterocycles. The van der Waals surface area contributed by atoms with Gasteiger partial charge in [-0.3, -0.25) is 4.79 Å². The van der Waals surface area contributed by atoms with Gasteiger partial charge in [-0.15, -0.1) is 0 Å². The number of methoxy groups -OCH3 is 1. The number of rotatable bonds is 5. The number of benzene rings is 2. The highest BCUT2D eigenvalue weighted by atomic mass is 79.9. The van der Waals surface area contributed by atoms with Gasteiger partial charge in [0.05, 0.1) is 13.3 Å². The molecule has 0 amide bonds. The van der Waals surface area contributed by atoms with Crippen LogP contribution in [0.15, 0.2) is 67.1 Å². The average Bonchev–Trinajstić information content (AvgIpc) is 2.63. The van der Waals surface area contributed by atoms with E-state index in [0.29, 0.717) is 5.56 Å². The molecule has 25 heavy (non-hydrogen) atoms. The predicted octanol–water partition coefficient (Wildman–Crippen LogP) is 0.0707. The summed E-state index contributed by atoms with van der Waals surface area (Å²) in [5.74, 6) is 0.303. The van der Waals surface area contributed by atoms with Crippen LogP contribution in [0.4, 0.5) is 4.39 Å². The number of carbonyl (C=O) groups is 1. The second-order valence-corrected chi connectivity index (χ2v) is 5.28. The molecule has 0 N–H and O–H groups in total. The minimum absolute atomic E-state index is 0. The van der Waals surface area contributed by atoms with Gasteiger partial charge in [-0.05, 0) is 41.4 Å². The van der Waals surface area contributed by atoms with Crippen LogP contribution >= 0.6 is 0 Å². The number of Topliss-reactive ketones (excluding diaryl/α,β-unsaturated/α-hetero) is 1. The van der Waals surface area contributed by atoms with Gasteiger partial charge in [-0.2, -0.15) is 0 Å². The smallest absolute Gasteiger partial charge is 0.287 e. The standard InChI is InChI=1S/C19H16FN2O2.BrH/c1-24-17-4-2-3-15(11-17)18-9-10-22(13-21-18)12-19(23)14-5-7-16(20)8-6-14;/h2-11,13H,12H2,1H3;1H/q+1;/p-1. The van der Waals surface area contributed by atoms with E-state index in [2.05, 4.69) is 4.98 Å². The van der Waals surface area contributed by atoms with Gasteiger partial charge in [0.2, 0.25) is 5.78 Å². The van der Waals surface area contributed by atoms with Crippen molar-refractivity contribution in [3.8, 4) is 17.0 Å². The molecule has 0 saturated heterocycles. The quantitative estimate of drug-likeness (QED) is 0.448. The highest BCUT2D eigenvalue weighted by molar-refractivity contribution is 5.94. The second-order valence-electron chi connectivity index (χ2n) is 5.28. The molecule has 0 fully saturated rings. The Hall–Kier alpha value is -2.60. The first-order valence-electron chi connectivity index (χ1n) is 7.44. The molecular formula is C19H16BrFN2O2. The first-order chi connectivity index (χ1) is 11.7. The molecule has 3 rings (SSSR count). The fourth-order valence-electron chi connectivity index (χ4n) is 2.32. The number of halogens is 2. The third-order valence-electron chi connectivity index (χ3n) is 3.63. The Morgan fingerprint density at radius 2 is 1.92 bits per heavy atom. The topological polar surface area (TPSA) is 43.1 Å². The number of hydrogen-bond donors (Lipinski definition) is 0. The highest BCUT2D eigenvalue weighted by Gasteiger charge is 2.12. The summed E-state index contributed by atoms with van der Waals surface area (Å²) in [5.41, 5.74) is 2.20. The lowest BCUT2D eigenvalue weighted by Crippen LogP contribution is -3.00. The minimum atomic E-state index is -0.358. The second kappa shape index (κ2) is 8.48. The van der Waals surface area contributed by atoms with Crippen LogP contribution in [-0.2, 0) is 6.54 Å². The molecule has 6 heteroatoms. The first kappa shape index (κ1) is 18.7. The molecule has 0 saturated carbocycles. The van der Waals surface area contributed by atoms with E-state index in [1.807, 2.05) is 30.3 Å². The van der Waals surface area contributed by atoms with Crippen molar-refractivity contribution in [1.29, 1.82) is 0 Å². The van der Waals surface area contributed by atoms with Gasteiger partial charge < -0.3 is 21.7 Å². The SMILES string of the molecule is COc1cccc(-c2cc[n+](CC(=O)c3ccc(F)cc3)cn2)c1.[Br-]. The number of nitrogens with zero attached hydrogens (tertiary/aromatic N) is 2. The predicted molar refractivity (Wildman–Crippen MR) is 87.2 cm³/mol. The Kier molecular flexibility index (Phi) is 6.36. The molecule has 0 bridgehead atoms. The summed E-state index contributed by atoms with van der Waals surface area (Å²) in [7, 11) is 1.62. The van der Waals surface area contributed by atoms with Crippen molar-refractivity contribution in [2.45, 2.75) is 6.54 Å². The Labute approximate surface area is 155 Å². The van der Waals surface area contributed by atoms with Crippen LogP contribution < -0.4 is 26.3 Å². The van der Waals surface area contributed by atoms with E-state index in [1.54, 1.807) is 24.2 Å². The van der Waals surface area contributed by atoms with E-state index >= 15 is 0 Å². The van der Waals surface area contributed by atoms with Gasteiger partial charge in [0.1, 0.15) is 11.6 Å². The van der Waals surface area contributed by atoms with E-state index in [4.69, 9.17) is 4.74 Å². The lowest BCUT2D eigenvalue weighted by atomic mass is 10.1. The molecule has 128 valence electrons. The normalized spacial score (nSPS) is 10.0. The van der Waals surface area contributed by atoms with Crippen LogP contribution in [0.25, 0.3) is 11.3 Å². The highest BCUT2D eigenvalue weighted by Crippen LogP contribution is 2.20. The van der Waals surface area contributed by atoms with Gasteiger partial charge >= 0.3 is 0 Å². The van der Waals surface area contributed by atoms with Crippen LogP contribution in [0.5, 0.6) is 5.75 Å². The molecule has 0 unspecified atom stereocenters. The third kappa shape index (κ3) is 4.70. The van der Waals surface area contributed by atoms with Crippen molar-refractivity contribution >= 4 is 5.78 Å².